The van der Waals surface area contributed by atoms with Crippen molar-refractivity contribution >= 4 is 5.97 Å². The van der Waals surface area contributed by atoms with Gasteiger partial charge in [0.1, 0.15) is 12.2 Å². The van der Waals surface area contributed by atoms with Crippen molar-refractivity contribution in [1.29, 1.82) is 0 Å². The van der Waals surface area contributed by atoms with E-state index in [1.807, 2.05) is 0 Å². The Hall–Kier alpha value is -2.49. The molecule has 0 bridgehead atoms. The number of ether oxygens (including phenoxy) is 3. The van der Waals surface area contributed by atoms with E-state index in [1.54, 1.807) is 18.2 Å². The first-order valence-electron chi connectivity index (χ1n) is 8.67. The van der Waals surface area contributed by atoms with Crippen molar-refractivity contribution in [3.05, 3.63) is 58.1 Å². The molecule has 140 valence electrons. The number of benzene rings is 2. The van der Waals surface area contributed by atoms with Crippen molar-refractivity contribution in [2.24, 2.45) is 0 Å². The Balaban J connectivity index is 2.23. The van der Waals surface area contributed by atoms with Crippen LogP contribution in [0, 0.1) is 13.8 Å². The van der Waals surface area contributed by atoms with E-state index in [9.17, 15) is 4.79 Å². The molecule has 0 aliphatic rings. The highest BCUT2D eigenvalue weighted by atomic mass is 16.5. The number of rotatable bonds is 5. The summed E-state index contributed by atoms with van der Waals surface area (Å²) in [6, 6.07) is 9.50. The van der Waals surface area contributed by atoms with E-state index < -0.39 is 5.97 Å². The van der Waals surface area contributed by atoms with Gasteiger partial charge in [-0.15, -0.1) is 0 Å². The van der Waals surface area contributed by atoms with Crippen LogP contribution in [0.5, 0.6) is 11.5 Å². The van der Waals surface area contributed by atoms with Gasteiger partial charge in [-0.2, -0.15) is 0 Å². The molecule has 0 N–H and O–H groups in total. The molecule has 26 heavy (non-hydrogen) atoms. The molecule has 4 heteroatoms. The van der Waals surface area contributed by atoms with Crippen molar-refractivity contribution in [2.45, 2.75) is 46.6 Å². The summed E-state index contributed by atoms with van der Waals surface area (Å²) in [4.78, 5) is 12.6. The SMILES string of the molecule is COc1cccc(C(=O)OCc2c(C)cc(C(C)(C)C)cc2C)c1OC. The molecular weight excluding hydrogens is 328 g/mol. The van der Waals surface area contributed by atoms with Crippen LogP contribution in [0.1, 0.15) is 53.4 Å². The number of esters is 1. The number of carbonyl (C=O) groups is 1. The van der Waals surface area contributed by atoms with Crippen molar-refractivity contribution in [1.82, 2.24) is 0 Å². The van der Waals surface area contributed by atoms with Gasteiger partial charge in [-0.25, -0.2) is 4.79 Å². The van der Waals surface area contributed by atoms with Crippen LogP contribution in [0.25, 0.3) is 0 Å². The number of aryl methyl sites for hydroxylation is 2. The molecule has 0 spiro atoms. The molecule has 0 heterocycles. The van der Waals surface area contributed by atoms with Crippen molar-refractivity contribution in [3.8, 4) is 11.5 Å². The van der Waals surface area contributed by atoms with E-state index in [4.69, 9.17) is 14.2 Å². The molecule has 0 amide bonds. The molecular formula is C22H28O4. The van der Waals surface area contributed by atoms with Crippen LogP contribution in [0.3, 0.4) is 0 Å². The summed E-state index contributed by atoms with van der Waals surface area (Å²) in [5, 5.41) is 0. The zero-order chi connectivity index (χ0) is 19.5. The summed E-state index contributed by atoms with van der Waals surface area (Å²) in [6.07, 6.45) is 0. The summed E-state index contributed by atoms with van der Waals surface area (Å²) < 4.78 is 16.1. The van der Waals surface area contributed by atoms with Crippen LogP contribution >= 0.6 is 0 Å². The molecule has 0 saturated heterocycles. The summed E-state index contributed by atoms with van der Waals surface area (Å²) in [7, 11) is 3.05. The second kappa shape index (κ2) is 7.81. The zero-order valence-corrected chi connectivity index (χ0v) is 16.7. The fourth-order valence-electron chi connectivity index (χ4n) is 2.92. The van der Waals surface area contributed by atoms with Gasteiger partial charge in [0.15, 0.2) is 11.5 Å². The molecule has 0 unspecified atom stereocenters. The molecule has 0 saturated carbocycles. The fourth-order valence-corrected chi connectivity index (χ4v) is 2.92. The fraction of sp³-hybridized carbons (Fsp3) is 0.409. The Bertz CT molecular complexity index is 777. The van der Waals surface area contributed by atoms with E-state index in [0.717, 1.165) is 16.7 Å². The molecule has 4 nitrogen and oxygen atoms in total. The molecule has 0 atom stereocenters. The van der Waals surface area contributed by atoms with E-state index >= 15 is 0 Å². The monoisotopic (exact) mass is 356 g/mol. The maximum Gasteiger partial charge on any atom is 0.342 e. The number of hydrogen-bond donors (Lipinski definition) is 0. The van der Waals surface area contributed by atoms with Gasteiger partial charge < -0.3 is 14.2 Å². The lowest BCUT2D eigenvalue weighted by Crippen LogP contribution is -2.14. The van der Waals surface area contributed by atoms with Crippen LogP contribution < -0.4 is 9.47 Å². The number of carbonyl (C=O) groups excluding carboxylic acids is 1. The maximum atomic E-state index is 12.6. The van der Waals surface area contributed by atoms with E-state index in [2.05, 4.69) is 46.8 Å². The van der Waals surface area contributed by atoms with Gasteiger partial charge >= 0.3 is 5.97 Å². The smallest absolute Gasteiger partial charge is 0.342 e. The van der Waals surface area contributed by atoms with Crippen LogP contribution in [0.4, 0.5) is 0 Å². The molecule has 2 rings (SSSR count). The first kappa shape index (κ1) is 19.8. The predicted molar refractivity (Wildman–Crippen MR) is 103 cm³/mol. The van der Waals surface area contributed by atoms with Gasteiger partial charge in [0, 0.05) is 0 Å². The number of hydrogen-bond acceptors (Lipinski definition) is 4. The van der Waals surface area contributed by atoms with E-state index in [0.29, 0.717) is 17.1 Å². The van der Waals surface area contributed by atoms with Crippen molar-refractivity contribution in [3.63, 3.8) is 0 Å². The summed E-state index contributed by atoms with van der Waals surface area (Å²) in [5.41, 5.74) is 5.00. The van der Waals surface area contributed by atoms with Gasteiger partial charge in [-0.3, -0.25) is 0 Å². The van der Waals surface area contributed by atoms with Crippen molar-refractivity contribution in [2.75, 3.05) is 14.2 Å². The second-order valence-corrected chi connectivity index (χ2v) is 7.46. The lowest BCUT2D eigenvalue weighted by molar-refractivity contribution is 0.0467. The predicted octanol–water partition coefficient (Wildman–Crippen LogP) is 4.98. The summed E-state index contributed by atoms with van der Waals surface area (Å²) in [5.74, 6) is 0.458. The molecule has 0 fully saturated rings. The first-order valence-corrected chi connectivity index (χ1v) is 8.67. The lowest BCUT2D eigenvalue weighted by atomic mass is 9.84. The molecule has 0 aliphatic heterocycles. The van der Waals surface area contributed by atoms with E-state index in [1.165, 1.54) is 19.8 Å². The minimum atomic E-state index is -0.431. The van der Waals surface area contributed by atoms with E-state index in [-0.39, 0.29) is 12.0 Å². The van der Waals surface area contributed by atoms with Gasteiger partial charge in [-0.05, 0) is 53.6 Å². The third-order valence-electron chi connectivity index (χ3n) is 4.53. The largest absolute Gasteiger partial charge is 0.493 e. The highest BCUT2D eigenvalue weighted by molar-refractivity contribution is 5.93. The summed E-state index contributed by atoms with van der Waals surface area (Å²) >= 11 is 0. The maximum absolute atomic E-state index is 12.6. The molecule has 2 aromatic rings. The molecule has 2 aromatic carbocycles. The standard InChI is InChI=1S/C22H28O4/c1-14-11-16(22(3,4)5)12-15(2)18(14)13-26-21(23)17-9-8-10-19(24-6)20(17)25-7/h8-12H,13H2,1-7H3. The Morgan fingerprint density at radius 1 is 1.00 bits per heavy atom. The number of para-hydroxylation sites is 1. The van der Waals surface area contributed by atoms with Crippen LogP contribution in [-0.2, 0) is 16.8 Å². The average Bonchev–Trinajstić information content (AvgIpc) is 2.58. The van der Waals surface area contributed by atoms with Crippen LogP contribution in [0.2, 0.25) is 0 Å². The van der Waals surface area contributed by atoms with Gasteiger partial charge in [-0.1, -0.05) is 39.0 Å². The Morgan fingerprint density at radius 3 is 2.12 bits per heavy atom. The average molecular weight is 356 g/mol. The topological polar surface area (TPSA) is 44.8 Å². The highest BCUT2D eigenvalue weighted by Crippen LogP contribution is 2.32. The number of methoxy groups -OCH3 is 2. The molecule has 0 aromatic heterocycles. The van der Waals surface area contributed by atoms with Gasteiger partial charge in [0.05, 0.1) is 14.2 Å². The third kappa shape index (κ3) is 4.18. The summed E-state index contributed by atoms with van der Waals surface area (Å²) in [6.45, 7) is 10.9. The highest BCUT2D eigenvalue weighted by Gasteiger charge is 2.20. The third-order valence-corrected chi connectivity index (χ3v) is 4.53. The normalized spacial score (nSPS) is 11.2. The molecule has 0 radical (unpaired) electrons. The molecule has 0 aliphatic carbocycles. The Morgan fingerprint density at radius 2 is 1.62 bits per heavy atom. The zero-order valence-electron chi connectivity index (χ0n) is 16.7. The van der Waals surface area contributed by atoms with Gasteiger partial charge in [0.2, 0.25) is 0 Å². The second-order valence-electron chi connectivity index (χ2n) is 7.46. The minimum Gasteiger partial charge on any atom is -0.493 e. The van der Waals surface area contributed by atoms with Crippen LogP contribution in [0.15, 0.2) is 30.3 Å². The van der Waals surface area contributed by atoms with Crippen LogP contribution in [-0.4, -0.2) is 20.2 Å². The Kier molecular flexibility index (Phi) is 5.96. The minimum absolute atomic E-state index is 0.0820. The van der Waals surface area contributed by atoms with Gasteiger partial charge in [0.25, 0.3) is 0 Å². The lowest BCUT2D eigenvalue weighted by Gasteiger charge is -2.22. The Labute approximate surface area is 156 Å². The van der Waals surface area contributed by atoms with Crippen molar-refractivity contribution < 1.29 is 19.0 Å². The first-order chi connectivity index (χ1) is 12.2. The quantitative estimate of drug-likeness (QED) is 0.709.